The van der Waals surface area contributed by atoms with Crippen LogP contribution in [0.4, 0.5) is 0 Å². The van der Waals surface area contributed by atoms with Crippen molar-refractivity contribution in [1.82, 2.24) is 0 Å². The maximum atomic E-state index is 6.71. The lowest BCUT2D eigenvalue weighted by atomic mass is 9.84. The average Bonchev–Trinajstić information content (AvgIpc) is 3.75. The maximum absolute atomic E-state index is 6.71. The van der Waals surface area contributed by atoms with Gasteiger partial charge in [0.2, 0.25) is 0 Å². The third kappa shape index (κ3) is 3.90. The summed E-state index contributed by atoms with van der Waals surface area (Å²) in [6, 6.07) is 61.0. The monoisotopic (exact) mass is 636 g/mol. The molecule has 0 spiro atoms. The lowest BCUT2D eigenvalue weighted by molar-refractivity contribution is 0.663. The van der Waals surface area contributed by atoms with E-state index in [1.165, 1.54) is 54.6 Å². The fourth-order valence-electron chi connectivity index (χ4n) is 8.24. The highest BCUT2D eigenvalue weighted by Gasteiger charge is 2.20. The Morgan fingerprint density at radius 1 is 0.300 bits per heavy atom. The molecule has 2 heterocycles. The maximum Gasteiger partial charge on any atom is 0.147 e. The molecule has 232 valence electrons. The van der Waals surface area contributed by atoms with Crippen LogP contribution in [0.5, 0.6) is 0 Å². The second-order valence-electron chi connectivity index (χ2n) is 13.2. The van der Waals surface area contributed by atoms with Crippen molar-refractivity contribution in [2.24, 2.45) is 0 Å². The van der Waals surface area contributed by atoms with Crippen LogP contribution in [0.2, 0.25) is 0 Å². The Morgan fingerprint density at radius 2 is 0.920 bits per heavy atom. The van der Waals surface area contributed by atoms with Gasteiger partial charge in [0.25, 0.3) is 0 Å². The molecule has 0 N–H and O–H groups in total. The average molecular weight is 637 g/mol. The van der Waals surface area contributed by atoms with Gasteiger partial charge >= 0.3 is 0 Å². The van der Waals surface area contributed by atoms with Gasteiger partial charge in [0.1, 0.15) is 22.3 Å². The Bertz CT molecular complexity index is 3080. The fourth-order valence-corrected chi connectivity index (χ4v) is 8.24. The summed E-state index contributed by atoms with van der Waals surface area (Å²) in [5, 5.41) is 11.7. The van der Waals surface area contributed by atoms with Crippen LogP contribution in [-0.4, -0.2) is 0 Å². The van der Waals surface area contributed by atoms with Crippen LogP contribution < -0.4 is 0 Å². The predicted octanol–water partition coefficient (Wildman–Crippen LogP) is 13.9. The molecule has 0 radical (unpaired) electrons. The largest absolute Gasteiger partial charge is 0.456 e. The molecule has 11 rings (SSSR count). The van der Waals surface area contributed by atoms with Crippen molar-refractivity contribution in [3.05, 3.63) is 170 Å². The molecule has 0 unspecified atom stereocenters. The molecule has 0 fully saturated rings. The number of para-hydroxylation sites is 1. The summed E-state index contributed by atoms with van der Waals surface area (Å²) in [5.74, 6) is 0. The molecule has 0 aliphatic carbocycles. The van der Waals surface area contributed by atoms with E-state index in [0.717, 1.165) is 55.0 Å². The van der Waals surface area contributed by atoms with E-state index in [9.17, 15) is 0 Å². The molecule has 11 aromatic rings. The Hall–Kier alpha value is -6.64. The number of hydrogen-bond donors (Lipinski definition) is 0. The van der Waals surface area contributed by atoms with E-state index in [-0.39, 0.29) is 0 Å². The second-order valence-corrected chi connectivity index (χ2v) is 13.2. The second kappa shape index (κ2) is 10.4. The van der Waals surface area contributed by atoms with Crippen molar-refractivity contribution in [3.8, 4) is 33.4 Å². The van der Waals surface area contributed by atoms with E-state index in [1.54, 1.807) is 0 Å². The zero-order valence-corrected chi connectivity index (χ0v) is 27.0. The third-order valence-electron chi connectivity index (χ3n) is 10.4. The van der Waals surface area contributed by atoms with E-state index in [4.69, 9.17) is 8.83 Å². The number of rotatable bonds is 3. The van der Waals surface area contributed by atoms with Crippen LogP contribution in [0.3, 0.4) is 0 Å². The van der Waals surface area contributed by atoms with E-state index >= 15 is 0 Å². The van der Waals surface area contributed by atoms with Crippen LogP contribution in [0.15, 0.2) is 179 Å². The zero-order chi connectivity index (χ0) is 32.8. The van der Waals surface area contributed by atoms with Crippen molar-refractivity contribution < 1.29 is 8.83 Å². The van der Waals surface area contributed by atoms with Crippen molar-refractivity contribution in [1.29, 1.82) is 0 Å². The summed E-state index contributed by atoms with van der Waals surface area (Å²) in [6.45, 7) is 0. The molecular weight excluding hydrogens is 609 g/mol. The third-order valence-corrected chi connectivity index (χ3v) is 10.4. The van der Waals surface area contributed by atoms with Crippen LogP contribution in [0, 0.1) is 0 Å². The van der Waals surface area contributed by atoms with Crippen molar-refractivity contribution in [2.45, 2.75) is 0 Å². The Balaban J connectivity index is 1.18. The topological polar surface area (TPSA) is 26.3 Å². The Kier molecular flexibility index (Phi) is 5.70. The molecule has 2 heteroatoms. The van der Waals surface area contributed by atoms with Crippen molar-refractivity contribution >= 4 is 76.2 Å². The number of fused-ring (bicyclic) bond motifs is 10. The molecule has 0 atom stereocenters. The molecule has 0 amide bonds. The molecule has 0 saturated heterocycles. The smallest absolute Gasteiger partial charge is 0.147 e. The van der Waals surface area contributed by atoms with Crippen LogP contribution in [-0.2, 0) is 0 Å². The number of furan rings is 2. The summed E-state index contributed by atoms with van der Waals surface area (Å²) < 4.78 is 12.9. The first-order valence-electron chi connectivity index (χ1n) is 17.1. The van der Waals surface area contributed by atoms with Gasteiger partial charge in [-0.2, -0.15) is 0 Å². The van der Waals surface area contributed by atoms with E-state index in [0.29, 0.717) is 0 Å². The lowest BCUT2D eigenvalue weighted by Crippen LogP contribution is -1.92. The number of hydrogen-bond acceptors (Lipinski definition) is 2. The van der Waals surface area contributed by atoms with Crippen molar-refractivity contribution in [2.75, 3.05) is 0 Å². The first kappa shape index (κ1) is 27.3. The van der Waals surface area contributed by atoms with Gasteiger partial charge in [0, 0.05) is 16.2 Å². The lowest BCUT2D eigenvalue weighted by Gasteiger charge is -2.19. The van der Waals surface area contributed by atoms with Gasteiger partial charge < -0.3 is 8.83 Å². The highest BCUT2D eigenvalue weighted by Crippen LogP contribution is 2.47. The number of benzene rings is 9. The summed E-state index contributed by atoms with van der Waals surface area (Å²) in [7, 11) is 0. The minimum atomic E-state index is 0.842. The highest BCUT2D eigenvalue weighted by molar-refractivity contribution is 6.24. The summed E-state index contributed by atoms with van der Waals surface area (Å²) in [6.07, 6.45) is 0. The summed E-state index contributed by atoms with van der Waals surface area (Å²) >= 11 is 0. The van der Waals surface area contributed by atoms with E-state index in [2.05, 4.69) is 158 Å². The first-order valence-corrected chi connectivity index (χ1v) is 17.1. The summed E-state index contributed by atoms with van der Waals surface area (Å²) in [5.41, 5.74) is 10.7. The van der Waals surface area contributed by atoms with Crippen molar-refractivity contribution in [3.63, 3.8) is 0 Å². The zero-order valence-electron chi connectivity index (χ0n) is 27.0. The van der Waals surface area contributed by atoms with E-state index in [1.807, 2.05) is 12.1 Å². The molecule has 50 heavy (non-hydrogen) atoms. The molecule has 2 nitrogen and oxygen atoms in total. The molecule has 0 aliphatic heterocycles. The van der Waals surface area contributed by atoms with Gasteiger partial charge in [-0.3, -0.25) is 0 Å². The standard InChI is InChI=1S/C48H28O2/c1-2-12-29(13-3-1)45-35-16-6-8-18-37(35)46(38-19-9-7-17-36(38)45)41-27-32(26-31-14-4-5-15-33(31)41)30-22-23-34-39-24-25-43-47(48(39)50-44(34)28-30)40-20-10-11-21-42(40)49-43/h1-28H. The minimum Gasteiger partial charge on any atom is -0.456 e. The van der Waals surface area contributed by atoms with Crippen LogP contribution in [0.25, 0.3) is 110 Å². The molecule has 2 aromatic heterocycles. The Morgan fingerprint density at radius 3 is 1.68 bits per heavy atom. The van der Waals surface area contributed by atoms with Crippen LogP contribution in [0.1, 0.15) is 0 Å². The van der Waals surface area contributed by atoms with Gasteiger partial charge in [-0.1, -0.05) is 127 Å². The molecule has 0 bridgehead atoms. The molecular formula is C48H28O2. The molecule has 0 aliphatic rings. The Labute approximate surface area is 287 Å². The SMILES string of the molecule is c1ccc(-c2c3ccccc3c(-c3cc(-c4ccc5c(c4)oc4c5ccc5oc6ccccc6c54)cc4ccccc34)c3ccccc23)cc1. The van der Waals surface area contributed by atoms with Gasteiger partial charge in [-0.25, -0.2) is 0 Å². The molecule has 0 saturated carbocycles. The van der Waals surface area contributed by atoms with E-state index < -0.39 is 0 Å². The normalized spacial score (nSPS) is 12.0. The van der Waals surface area contributed by atoms with Gasteiger partial charge in [-0.15, -0.1) is 0 Å². The first-order chi connectivity index (χ1) is 24.8. The molecule has 9 aromatic carbocycles. The fraction of sp³-hybridized carbons (Fsp3) is 0. The van der Waals surface area contributed by atoms with Crippen LogP contribution >= 0.6 is 0 Å². The predicted molar refractivity (Wildman–Crippen MR) is 210 cm³/mol. The quantitative estimate of drug-likeness (QED) is 0.180. The van der Waals surface area contributed by atoms with Gasteiger partial charge in [-0.05, 0) is 108 Å². The summed E-state index contributed by atoms with van der Waals surface area (Å²) in [4.78, 5) is 0. The minimum absolute atomic E-state index is 0.842. The van der Waals surface area contributed by atoms with Gasteiger partial charge in [0.15, 0.2) is 0 Å². The highest BCUT2D eigenvalue weighted by atomic mass is 16.3. The van der Waals surface area contributed by atoms with Gasteiger partial charge in [0.05, 0.1) is 5.39 Å².